The second-order valence-electron chi connectivity index (χ2n) is 4.98. The quantitative estimate of drug-likeness (QED) is 0.671. The standard InChI is InChI=1S/C11H24N2O/c1-11(2,5-7-14-3)9-13-10-4-6-12-8-10/h10,12-13H,4-9H2,1-3H3. The molecule has 0 bridgehead atoms. The lowest BCUT2D eigenvalue weighted by molar-refractivity contribution is 0.149. The fourth-order valence-electron chi connectivity index (χ4n) is 1.72. The van der Waals surface area contributed by atoms with E-state index in [0.29, 0.717) is 11.5 Å². The van der Waals surface area contributed by atoms with Crippen LogP contribution in [0.4, 0.5) is 0 Å². The van der Waals surface area contributed by atoms with Crippen LogP contribution in [-0.2, 0) is 4.74 Å². The molecule has 0 aliphatic carbocycles. The van der Waals surface area contributed by atoms with Gasteiger partial charge < -0.3 is 15.4 Å². The van der Waals surface area contributed by atoms with Crippen LogP contribution in [0.2, 0.25) is 0 Å². The van der Waals surface area contributed by atoms with E-state index in [0.717, 1.165) is 32.7 Å². The summed E-state index contributed by atoms with van der Waals surface area (Å²) in [6.45, 7) is 8.82. The molecule has 0 spiro atoms. The van der Waals surface area contributed by atoms with Crippen LogP contribution in [0.3, 0.4) is 0 Å². The zero-order valence-electron chi connectivity index (χ0n) is 9.73. The third-order valence-electron chi connectivity index (χ3n) is 2.91. The molecule has 3 heteroatoms. The maximum absolute atomic E-state index is 5.11. The van der Waals surface area contributed by atoms with Gasteiger partial charge in [-0.2, -0.15) is 0 Å². The Morgan fingerprint density at radius 3 is 2.86 bits per heavy atom. The van der Waals surface area contributed by atoms with Gasteiger partial charge in [0.1, 0.15) is 0 Å². The van der Waals surface area contributed by atoms with Gasteiger partial charge in [-0.3, -0.25) is 0 Å². The molecular formula is C11H24N2O. The highest BCUT2D eigenvalue weighted by Crippen LogP contribution is 2.19. The Hall–Kier alpha value is -0.120. The highest BCUT2D eigenvalue weighted by Gasteiger charge is 2.20. The average Bonchev–Trinajstić information content (AvgIpc) is 2.64. The van der Waals surface area contributed by atoms with Gasteiger partial charge in [0, 0.05) is 32.8 Å². The Bertz CT molecular complexity index is 153. The zero-order valence-corrected chi connectivity index (χ0v) is 9.73. The largest absolute Gasteiger partial charge is 0.385 e. The fourth-order valence-corrected chi connectivity index (χ4v) is 1.72. The van der Waals surface area contributed by atoms with E-state index < -0.39 is 0 Å². The van der Waals surface area contributed by atoms with E-state index in [-0.39, 0.29) is 0 Å². The molecule has 0 saturated carbocycles. The minimum absolute atomic E-state index is 0.346. The second kappa shape index (κ2) is 5.69. The summed E-state index contributed by atoms with van der Waals surface area (Å²) in [5, 5.41) is 6.98. The molecule has 1 fully saturated rings. The number of nitrogens with one attached hydrogen (secondary N) is 2. The predicted octanol–water partition coefficient (Wildman–Crippen LogP) is 1.00. The molecular weight excluding hydrogens is 176 g/mol. The van der Waals surface area contributed by atoms with Crippen LogP contribution in [0.15, 0.2) is 0 Å². The molecule has 0 amide bonds. The van der Waals surface area contributed by atoms with Crippen molar-refractivity contribution in [3.05, 3.63) is 0 Å². The highest BCUT2D eigenvalue weighted by atomic mass is 16.5. The normalized spacial score (nSPS) is 22.9. The van der Waals surface area contributed by atoms with E-state index in [2.05, 4.69) is 24.5 Å². The minimum Gasteiger partial charge on any atom is -0.385 e. The van der Waals surface area contributed by atoms with Crippen molar-refractivity contribution in [1.82, 2.24) is 10.6 Å². The van der Waals surface area contributed by atoms with Crippen LogP contribution >= 0.6 is 0 Å². The predicted molar refractivity (Wildman–Crippen MR) is 59.6 cm³/mol. The summed E-state index contributed by atoms with van der Waals surface area (Å²) in [6, 6.07) is 0.678. The van der Waals surface area contributed by atoms with Crippen molar-refractivity contribution in [2.24, 2.45) is 5.41 Å². The highest BCUT2D eigenvalue weighted by molar-refractivity contribution is 4.80. The van der Waals surface area contributed by atoms with Crippen LogP contribution in [0.5, 0.6) is 0 Å². The Morgan fingerprint density at radius 2 is 2.29 bits per heavy atom. The smallest absolute Gasteiger partial charge is 0.0467 e. The van der Waals surface area contributed by atoms with Crippen LogP contribution < -0.4 is 10.6 Å². The molecule has 2 N–H and O–H groups in total. The molecule has 14 heavy (non-hydrogen) atoms. The Balaban J connectivity index is 2.14. The molecule has 3 nitrogen and oxygen atoms in total. The van der Waals surface area contributed by atoms with Gasteiger partial charge in [0.05, 0.1) is 0 Å². The summed E-state index contributed by atoms with van der Waals surface area (Å²) in [5.74, 6) is 0. The lowest BCUT2D eigenvalue weighted by Crippen LogP contribution is -2.38. The van der Waals surface area contributed by atoms with Gasteiger partial charge in [-0.15, -0.1) is 0 Å². The summed E-state index contributed by atoms with van der Waals surface area (Å²) in [6.07, 6.45) is 2.39. The van der Waals surface area contributed by atoms with Crippen LogP contribution in [-0.4, -0.2) is 39.4 Å². The zero-order chi connectivity index (χ0) is 10.4. The third kappa shape index (κ3) is 4.40. The molecule has 0 aromatic rings. The Labute approximate surface area is 87.6 Å². The first-order valence-electron chi connectivity index (χ1n) is 5.57. The van der Waals surface area contributed by atoms with Gasteiger partial charge in [-0.05, 0) is 24.8 Å². The van der Waals surface area contributed by atoms with E-state index >= 15 is 0 Å². The molecule has 1 heterocycles. The van der Waals surface area contributed by atoms with Crippen molar-refractivity contribution in [2.75, 3.05) is 33.4 Å². The van der Waals surface area contributed by atoms with Gasteiger partial charge >= 0.3 is 0 Å². The van der Waals surface area contributed by atoms with Crippen LogP contribution in [0.1, 0.15) is 26.7 Å². The van der Waals surface area contributed by atoms with Crippen molar-refractivity contribution < 1.29 is 4.74 Å². The maximum Gasteiger partial charge on any atom is 0.0467 e. The fraction of sp³-hybridized carbons (Fsp3) is 1.00. The monoisotopic (exact) mass is 200 g/mol. The van der Waals surface area contributed by atoms with Gasteiger partial charge in [-0.1, -0.05) is 13.8 Å². The molecule has 1 aliphatic heterocycles. The van der Waals surface area contributed by atoms with Gasteiger partial charge in [0.25, 0.3) is 0 Å². The van der Waals surface area contributed by atoms with Crippen molar-refractivity contribution in [1.29, 1.82) is 0 Å². The van der Waals surface area contributed by atoms with E-state index in [1.54, 1.807) is 7.11 Å². The van der Waals surface area contributed by atoms with E-state index in [1.165, 1.54) is 6.42 Å². The molecule has 1 rings (SSSR count). The molecule has 1 unspecified atom stereocenters. The Morgan fingerprint density at radius 1 is 1.50 bits per heavy atom. The first-order chi connectivity index (χ1) is 6.64. The number of rotatable bonds is 6. The summed E-state index contributed by atoms with van der Waals surface area (Å²) < 4.78 is 5.11. The summed E-state index contributed by atoms with van der Waals surface area (Å²) in [4.78, 5) is 0. The maximum atomic E-state index is 5.11. The lowest BCUT2D eigenvalue weighted by atomic mass is 9.89. The SMILES string of the molecule is COCCC(C)(C)CNC1CCNC1. The summed E-state index contributed by atoms with van der Waals surface area (Å²) >= 11 is 0. The first kappa shape index (κ1) is 12.0. The van der Waals surface area contributed by atoms with Crippen LogP contribution in [0.25, 0.3) is 0 Å². The lowest BCUT2D eigenvalue weighted by Gasteiger charge is -2.26. The molecule has 0 radical (unpaired) electrons. The van der Waals surface area contributed by atoms with Gasteiger partial charge in [-0.25, -0.2) is 0 Å². The molecule has 1 aliphatic rings. The number of hydrogen-bond acceptors (Lipinski definition) is 3. The Kier molecular flexibility index (Phi) is 4.85. The number of methoxy groups -OCH3 is 1. The van der Waals surface area contributed by atoms with Crippen molar-refractivity contribution >= 4 is 0 Å². The van der Waals surface area contributed by atoms with E-state index in [4.69, 9.17) is 4.74 Å². The first-order valence-corrected chi connectivity index (χ1v) is 5.57. The van der Waals surface area contributed by atoms with E-state index in [1.807, 2.05) is 0 Å². The molecule has 0 aromatic carbocycles. The van der Waals surface area contributed by atoms with Crippen molar-refractivity contribution in [3.63, 3.8) is 0 Å². The molecule has 0 aromatic heterocycles. The number of hydrogen-bond donors (Lipinski definition) is 2. The molecule has 1 atom stereocenters. The third-order valence-corrected chi connectivity index (χ3v) is 2.91. The van der Waals surface area contributed by atoms with E-state index in [9.17, 15) is 0 Å². The molecule has 84 valence electrons. The minimum atomic E-state index is 0.346. The number of ether oxygens (including phenoxy) is 1. The van der Waals surface area contributed by atoms with Gasteiger partial charge in [0.2, 0.25) is 0 Å². The van der Waals surface area contributed by atoms with Crippen LogP contribution in [0, 0.1) is 5.41 Å². The van der Waals surface area contributed by atoms with Gasteiger partial charge in [0.15, 0.2) is 0 Å². The summed E-state index contributed by atoms with van der Waals surface area (Å²) in [7, 11) is 1.77. The second-order valence-corrected chi connectivity index (χ2v) is 4.98. The van der Waals surface area contributed by atoms with Crippen molar-refractivity contribution in [3.8, 4) is 0 Å². The topological polar surface area (TPSA) is 33.3 Å². The molecule has 1 saturated heterocycles. The summed E-state index contributed by atoms with van der Waals surface area (Å²) in [5.41, 5.74) is 0.346. The average molecular weight is 200 g/mol. The van der Waals surface area contributed by atoms with Crippen molar-refractivity contribution in [2.45, 2.75) is 32.7 Å².